The second kappa shape index (κ2) is 7.94. The summed E-state index contributed by atoms with van der Waals surface area (Å²) in [5.74, 6) is 0.601. The number of para-hydroxylation sites is 1. The number of nitrogens with one attached hydrogen (secondary N) is 1. The first-order valence-corrected chi connectivity index (χ1v) is 7.36. The maximum atomic E-state index is 13.0. The zero-order valence-electron chi connectivity index (χ0n) is 12.9. The molecule has 1 aromatic carbocycles. The average Bonchev–Trinajstić information content (AvgIpc) is 2.62. The van der Waals surface area contributed by atoms with E-state index in [4.69, 9.17) is 4.74 Å². The SMILES string of the molecule is COc1ccccc1C(=O)N1CCNCC1c1cccnc1.Cl. The molecule has 2 aromatic rings. The minimum absolute atomic E-state index is 0. The molecule has 23 heavy (non-hydrogen) atoms. The molecule has 6 heteroatoms. The number of nitrogens with zero attached hydrogens (tertiary/aromatic N) is 2. The molecule has 0 aliphatic carbocycles. The minimum atomic E-state index is -0.0140. The van der Waals surface area contributed by atoms with Crippen LogP contribution in [0, 0.1) is 0 Å². The van der Waals surface area contributed by atoms with Gasteiger partial charge in [0.1, 0.15) is 5.75 Å². The van der Waals surface area contributed by atoms with Gasteiger partial charge in [-0.05, 0) is 23.8 Å². The first-order valence-electron chi connectivity index (χ1n) is 7.36. The molecule has 2 heterocycles. The van der Waals surface area contributed by atoms with Crippen LogP contribution in [0.3, 0.4) is 0 Å². The predicted octanol–water partition coefficient (Wildman–Crippen LogP) is 2.30. The normalized spacial score (nSPS) is 17.3. The molecule has 1 fully saturated rings. The number of pyridine rings is 1. The lowest BCUT2D eigenvalue weighted by Gasteiger charge is -2.36. The molecule has 1 atom stereocenters. The van der Waals surface area contributed by atoms with E-state index in [0.29, 0.717) is 17.9 Å². The first kappa shape index (κ1) is 17.2. The Bertz CT molecular complexity index is 651. The van der Waals surface area contributed by atoms with Crippen LogP contribution >= 0.6 is 12.4 Å². The van der Waals surface area contributed by atoms with Crippen LogP contribution in [0.5, 0.6) is 5.75 Å². The maximum absolute atomic E-state index is 13.0. The number of piperazine rings is 1. The number of benzene rings is 1. The zero-order valence-corrected chi connectivity index (χ0v) is 13.8. The van der Waals surface area contributed by atoms with E-state index < -0.39 is 0 Å². The van der Waals surface area contributed by atoms with Gasteiger partial charge in [0, 0.05) is 32.0 Å². The fraction of sp³-hybridized carbons (Fsp3) is 0.294. The summed E-state index contributed by atoms with van der Waals surface area (Å²) in [5, 5.41) is 3.35. The van der Waals surface area contributed by atoms with Crippen molar-refractivity contribution in [2.24, 2.45) is 0 Å². The molecule has 1 aliphatic heterocycles. The summed E-state index contributed by atoms with van der Waals surface area (Å²) in [4.78, 5) is 19.0. The summed E-state index contributed by atoms with van der Waals surface area (Å²) in [6.45, 7) is 2.18. The molecule has 1 unspecified atom stereocenters. The van der Waals surface area contributed by atoms with Gasteiger partial charge >= 0.3 is 0 Å². The van der Waals surface area contributed by atoms with Crippen LogP contribution in [0.4, 0.5) is 0 Å². The molecule has 1 N–H and O–H groups in total. The van der Waals surface area contributed by atoms with Gasteiger partial charge in [0.25, 0.3) is 5.91 Å². The monoisotopic (exact) mass is 333 g/mol. The van der Waals surface area contributed by atoms with Crippen LogP contribution in [0.15, 0.2) is 48.8 Å². The Balaban J connectivity index is 0.00000192. The van der Waals surface area contributed by atoms with E-state index >= 15 is 0 Å². The highest BCUT2D eigenvalue weighted by Crippen LogP contribution is 2.26. The average molecular weight is 334 g/mol. The van der Waals surface area contributed by atoms with Crippen molar-refractivity contribution in [2.45, 2.75) is 6.04 Å². The Morgan fingerprint density at radius 2 is 2.13 bits per heavy atom. The van der Waals surface area contributed by atoms with E-state index in [9.17, 15) is 4.79 Å². The van der Waals surface area contributed by atoms with E-state index in [-0.39, 0.29) is 24.4 Å². The third-order valence-corrected chi connectivity index (χ3v) is 3.91. The first-order chi connectivity index (χ1) is 10.8. The highest BCUT2D eigenvalue weighted by molar-refractivity contribution is 5.97. The Labute approximate surface area is 142 Å². The fourth-order valence-electron chi connectivity index (χ4n) is 2.79. The number of carbonyl (C=O) groups is 1. The Kier molecular flexibility index (Phi) is 5.96. The number of hydrogen-bond acceptors (Lipinski definition) is 4. The number of hydrogen-bond donors (Lipinski definition) is 1. The van der Waals surface area contributed by atoms with Gasteiger partial charge in [-0.25, -0.2) is 0 Å². The number of carbonyl (C=O) groups excluding carboxylic acids is 1. The Morgan fingerprint density at radius 1 is 1.30 bits per heavy atom. The van der Waals surface area contributed by atoms with Gasteiger partial charge in [-0.1, -0.05) is 18.2 Å². The number of halogens is 1. The summed E-state index contributed by atoms with van der Waals surface area (Å²) in [6.07, 6.45) is 3.56. The zero-order chi connectivity index (χ0) is 15.4. The molecule has 3 rings (SSSR count). The van der Waals surface area contributed by atoms with Gasteiger partial charge < -0.3 is 15.0 Å². The molecule has 1 aliphatic rings. The highest BCUT2D eigenvalue weighted by Gasteiger charge is 2.29. The van der Waals surface area contributed by atoms with Crippen LogP contribution < -0.4 is 10.1 Å². The van der Waals surface area contributed by atoms with Gasteiger partial charge in [-0.2, -0.15) is 0 Å². The molecule has 1 amide bonds. The van der Waals surface area contributed by atoms with E-state index in [0.717, 1.165) is 18.7 Å². The summed E-state index contributed by atoms with van der Waals surface area (Å²) in [7, 11) is 1.59. The lowest BCUT2D eigenvalue weighted by Crippen LogP contribution is -2.48. The number of rotatable bonds is 3. The van der Waals surface area contributed by atoms with Crippen LogP contribution in [-0.4, -0.2) is 42.5 Å². The number of ether oxygens (including phenoxy) is 1. The van der Waals surface area contributed by atoms with Gasteiger partial charge in [0.15, 0.2) is 0 Å². The fourth-order valence-corrected chi connectivity index (χ4v) is 2.79. The highest BCUT2D eigenvalue weighted by atomic mass is 35.5. The largest absolute Gasteiger partial charge is 0.496 e. The van der Waals surface area contributed by atoms with Crippen LogP contribution in [0.25, 0.3) is 0 Å². The second-order valence-electron chi connectivity index (χ2n) is 5.21. The van der Waals surface area contributed by atoms with Crippen molar-refractivity contribution in [3.8, 4) is 5.75 Å². The number of amides is 1. The van der Waals surface area contributed by atoms with E-state index in [1.165, 1.54) is 0 Å². The summed E-state index contributed by atoms with van der Waals surface area (Å²) >= 11 is 0. The van der Waals surface area contributed by atoms with Gasteiger partial charge in [0.05, 0.1) is 18.7 Å². The molecular formula is C17H20ClN3O2. The van der Waals surface area contributed by atoms with E-state index in [1.54, 1.807) is 13.3 Å². The number of methoxy groups -OCH3 is 1. The third kappa shape index (κ3) is 3.63. The van der Waals surface area contributed by atoms with Crippen molar-refractivity contribution >= 4 is 18.3 Å². The Hall–Kier alpha value is -2.11. The molecule has 0 radical (unpaired) electrons. The molecule has 5 nitrogen and oxygen atoms in total. The van der Waals surface area contributed by atoms with Crippen molar-refractivity contribution in [3.05, 3.63) is 59.9 Å². The van der Waals surface area contributed by atoms with Crippen molar-refractivity contribution in [3.63, 3.8) is 0 Å². The van der Waals surface area contributed by atoms with Crippen molar-refractivity contribution in [1.29, 1.82) is 0 Å². The second-order valence-corrected chi connectivity index (χ2v) is 5.21. The molecule has 122 valence electrons. The summed E-state index contributed by atoms with van der Waals surface area (Å²) < 4.78 is 5.32. The quantitative estimate of drug-likeness (QED) is 0.936. The standard InChI is InChI=1S/C17H19N3O2.ClH/c1-22-16-7-3-2-6-14(16)17(21)20-10-9-19-12-15(20)13-5-4-8-18-11-13;/h2-8,11,15,19H,9-10,12H2,1H3;1H. The van der Waals surface area contributed by atoms with Crippen LogP contribution in [0.2, 0.25) is 0 Å². The molecule has 1 saturated heterocycles. The topological polar surface area (TPSA) is 54.5 Å². The van der Waals surface area contributed by atoms with Crippen molar-refractivity contribution in [1.82, 2.24) is 15.2 Å². The summed E-state index contributed by atoms with van der Waals surface area (Å²) in [6, 6.07) is 11.2. The van der Waals surface area contributed by atoms with Crippen molar-refractivity contribution in [2.75, 3.05) is 26.7 Å². The molecule has 0 saturated carbocycles. The number of aromatic nitrogens is 1. The molecule has 1 aromatic heterocycles. The lowest BCUT2D eigenvalue weighted by atomic mass is 10.0. The van der Waals surface area contributed by atoms with Gasteiger partial charge in [-0.15, -0.1) is 12.4 Å². The smallest absolute Gasteiger partial charge is 0.258 e. The predicted molar refractivity (Wildman–Crippen MR) is 91.1 cm³/mol. The van der Waals surface area contributed by atoms with Gasteiger partial charge in [-0.3, -0.25) is 9.78 Å². The Morgan fingerprint density at radius 3 is 2.87 bits per heavy atom. The van der Waals surface area contributed by atoms with E-state index in [1.807, 2.05) is 47.5 Å². The van der Waals surface area contributed by atoms with Crippen LogP contribution in [-0.2, 0) is 0 Å². The van der Waals surface area contributed by atoms with Crippen LogP contribution in [0.1, 0.15) is 22.0 Å². The summed E-state index contributed by atoms with van der Waals surface area (Å²) in [5.41, 5.74) is 1.64. The third-order valence-electron chi connectivity index (χ3n) is 3.91. The van der Waals surface area contributed by atoms with Crippen molar-refractivity contribution < 1.29 is 9.53 Å². The van der Waals surface area contributed by atoms with E-state index in [2.05, 4.69) is 10.3 Å². The molecular weight excluding hydrogens is 314 g/mol. The van der Waals surface area contributed by atoms with Gasteiger partial charge in [0.2, 0.25) is 0 Å². The lowest BCUT2D eigenvalue weighted by molar-refractivity contribution is 0.0630. The maximum Gasteiger partial charge on any atom is 0.258 e. The molecule has 0 spiro atoms. The minimum Gasteiger partial charge on any atom is -0.496 e. The molecule has 0 bridgehead atoms.